The molecule has 8 heterocycles. The van der Waals surface area contributed by atoms with Gasteiger partial charge in [-0.15, -0.1) is 0 Å². The standard InChI is InChI=1S/C23H31NO4.C23H31NO3.2C21H27NO4/c1-21(2)11-14-13-9-10-15-16(17(13)24(25)19(14)22(3,4)12-21)18(26-7)20(27-8)23(5,6)28-15;1-13-17-16(27-23(6,7)20(13)26-8)10-9-14-15-11-21(2,3)12-22(4,5)19(15)24(25)18(14)17;2*1-19(2)9-12-11-7-8-13-14(16(23)18(24)21(5,6)26-13)15(11)22(25)17(12)20(3,4)10-19/h9-11,18,20H,12H2,1-8H3;9-11,13,20H,12H2,1-8H3;2*7-9,16,18,23-24H,10H2,1-6H3/t18-,20+;13-,20+;2*16-,18+/m0110/s1. The van der Waals surface area contributed by atoms with Crippen molar-refractivity contribution < 1.29 is 72.5 Å². The van der Waals surface area contributed by atoms with Crippen molar-refractivity contribution in [3.63, 3.8) is 0 Å². The zero-order valence-electron chi connectivity index (χ0n) is 68.4. The Labute approximate surface area is 633 Å². The quantitative estimate of drug-likeness (QED) is 0.110. The van der Waals surface area contributed by atoms with Gasteiger partial charge in [0, 0.05) is 27.2 Å². The van der Waals surface area contributed by atoms with Gasteiger partial charge < -0.3 is 74.4 Å². The second kappa shape index (κ2) is 24.6. The summed E-state index contributed by atoms with van der Waals surface area (Å²) >= 11 is 0. The van der Waals surface area contributed by atoms with Gasteiger partial charge in [0.15, 0.2) is 0 Å². The molecule has 4 aromatic carbocycles. The average molecular weight is 1470 g/mol. The largest absolute Gasteiger partial charge is 0.618 e. The lowest BCUT2D eigenvalue weighted by Gasteiger charge is -2.43. The van der Waals surface area contributed by atoms with Crippen LogP contribution in [-0.2, 0) is 14.2 Å². The molecular formula is C88H116N4O15. The lowest BCUT2D eigenvalue weighted by Crippen LogP contribution is -2.50. The maximum Gasteiger partial charge on any atom is 0.234 e. The lowest BCUT2D eigenvalue weighted by atomic mass is 9.65. The second-order valence-corrected chi connectivity index (χ2v) is 39.9. The molecular weight excluding hydrogens is 1350 g/mol. The van der Waals surface area contributed by atoms with E-state index in [2.05, 4.69) is 148 Å². The van der Waals surface area contributed by atoms with Gasteiger partial charge in [0.1, 0.15) is 88.1 Å². The third-order valence-corrected chi connectivity index (χ3v) is 24.5. The monoisotopic (exact) mass is 1470 g/mol. The van der Waals surface area contributed by atoms with E-state index in [4.69, 9.17) is 33.2 Å². The number of ether oxygens (including phenoxy) is 7. The highest BCUT2D eigenvalue weighted by molar-refractivity contribution is 6.30. The van der Waals surface area contributed by atoms with E-state index in [9.17, 15) is 41.3 Å². The zero-order valence-corrected chi connectivity index (χ0v) is 68.4. The Kier molecular flexibility index (Phi) is 17.9. The fourth-order valence-corrected chi connectivity index (χ4v) is 21.8. The van der Waals surface area contributed by atoms with Crippen LogP contribution < -0.4 is 18.9 Å². The Bertz CT molecular complexity index is 4580. The van der Waals surface area contributed by atoms with E-state index in [0.29, 0.717) is 45.4 Å². The van der Waals surface area contributed by atoms with Gasteiger partial charge in [0.05, 0.1) is 88.5 Å². The number of benzene rings is 4. The van der Waals surface area contributed by atoms with Gasteiger partial charge in [-0.25, -0.2) is 0 Å². The number of nitrogens with zero attached hydrogens (tertiary/aromatic N) is 4. The number of fused-ring (bicyclic) bond motifs is 20. The Morgan fingerprint density at radius 1 is 0.336 bits per heavy atom. The minimum Gasteiger partial charge on any atom is -0.618 e. The molecule has 107 heavy (non-hydrogen) atoms. The number of methoxy groups -OCH3 is 3. The van der Waals surface area contributed by atoms with Crippen LogP contribution in [0.5, 0.6) is 23.0 Å². The van der Waals surface area contributed by atoms with Crippen molar-refractivity contribution in [2.75, 3.05) is 21.3 Å². The molecule has 4 N–H and O–H groups in total. The summed E-state index contributed by atoms with van der Waals surface area (Å²) in [6.45, 7) is 51.8. The summed E-state index contributed by atoms with van der Waals surface area (Å²) in [4.78, 5) is 0. The predicted octanol–water partition coefficient (Wildman–Crippen LogP) is 17.8. The fraction of sp³-hybridized carbons (Fsp3) is 0.591. The highest BCUT2D eigenvalue weighted by Gasteiger charge is 2.59. The van der Waals surface area contributed by atoms with Crippen LogP contribution in [0.3, 0.4) is 0 Å². The fourth-order valence-electron chi connectivity index (χ4n) is 21.8. The van der Waals surface area contributed by atoms with Gasteiger partial charge in [0.25, 0.3) is 0 Å². The Morgan fingerprint density at radius 3 is 0.860 bits per heavy atom. The van der Waals surface area contributed by atoms with Crippen LogP contribution in [0.15, 0.2) is 72.8 Å². The summed E-state index contributed by atoms with van der Waals surface area (Å²) < 4.78 is 46.0. The first kappa shape index (κ1) is 77.8. The maximum absolute atomic E-state index is 13.6. The van der Waals surface area contributed by atoms with Gasteiger partial charge in [-0.2, -0.15) is 19.0 Å². The first-order valence-corrected chi connectivity index (χ1v) is 38.1. The highest BCUT2D eigenvalue weighted by Crippen LogP contribution is 2.62. The van der Waals surface area contributed by atoms with E-state index in [1.54, 1.807) is 61.2 Å². The van der Waals surface area contributed by atoms with Crippen molar-refractivity contribution in [3.05, 3.63) is 138 Å². The van der Waals surface area contributed by atoms with E-state index in [0.717, 1.165) is 130 Å². The van der Waals surface area contributed by atoms with Crippen molar-refractivity contribution in [3.8, 4) is 23.0 Å². The van der Waals surface area contributed by atoms with Crippen molar-refractivity contribution in [1.29, 1.82) is 0 Å². The van der Waals surface area contributed by atoms with Crippen molar-refractivity contribution in [1.82, 2.24) is 0 Å². The van der Waals surface area contributed by atoms with E-state index in [-0.39, 0.29) is 67.5 Å². The normalized spacial score (nSPS) is 29.6. The van der Waals surface area contributed by atoms with Gasteiger partial charge in [-0.1, -0.05) is 86.6 Å². The third-order valence-electron chi connectivity index (χ3n) is 24.5. The summed E-state index contributed by atoms with van der Waals surface area (Å²) in [6.07, 6.45) is 7.07. The summed E-state index contributed by atoms with van der Waals surface area (Å²) in [7, 11) is 5.05. The molecule has 4 aliphatic carbocycles. The molecule has 0 saturated heterocycles. The summed E-state index contributed by atoms with van der Waals surface area (Å²) in [6, 6.07) is 15.5. The molecule has 19 heteroatoms. The van der Waals surface area contributed by atoms with Gasteiger partial charge in [0.2, 0.25) is 45.6 Å². The van der Waals surface area contributed by atoms with Gasteiger partial charge >= 0.3 is 0 Å². The molecule has 8 aliphatic heterocycles. The second-order valence-electron chi connectivity index (χ2n) is 39.9. The topological polar surface area (TPSA) is 250 Å². The predicted molar refractivity (Wildman–Crippen MR) is 420 cm³/mol. The van der Waals surface area contributed by atoms with Crippen LogP contribution in [0.25, 0.3) is 22.3 Å². The van der Waals surface area contributed by atoms with E-state index in [1.165, 1.54) is 4.74 Å². The van der Waals surface area contributed by atoms with Crippen molar-refractivity contribution >= 4 is 67.9 Å². The van der Waals surface area contributed by atoms with Crippen LogP contribution in [0.4, 0.5) is 22.7 Å². The summed E-state index contributed by atoms with van der Waals surface area (Å²) in [5.74, 6) is 2.49. The molecule has 578 valence electrons. The van der Waals surface area contributed by atoms with E-state index >= 15 is 0 Å². The molecule has 0 aromatic heterocycles. The maximum atomic E-state index is 13.6. The minimum absolute atomic E-state index is 0.0227. The van der Waals surface area contributed by atoms with Crippen molar-refractivity contribution in [2.45, 2.75) is 270 Å². The number of allylic oxidation sites excluding steroid dienone is 8. The molecule has 0 amide bonds. The SMILES string of the molecule is CC1(C)C=C2C(=[N+]([O-])c3c2ccc2c3[C@@H](O)[C@H](O)C(C)(C)O2)C(C)(C)C1.CC1(C)C=C2C(=[N+]([O-])c3c2ccc2c3[C@H](O)[C@@H](O)C(C)(C)O2)C(C)(C)C1.CO[C@@H]1[C@@H](OC)c2c(ccc3c2[N+]([O-])=C2C3=CC(C)(C)CC2(C)C)OC1(C)C.CO[C@H]1[C@H](C)c2c(ccc3c2[N+]([O-])=C2C3=CC(C)(C)CC2(C)C)OC1(C)C. The molecule has 0 radical (unpaired) electrons. The van der Waals surface area contributed by atoms with Crippen LogP contribution in [-0.4, -0.2) is 130 Å². The van der Waals surface area contributed by atoms with Gasteiger partial charge in [-0.05, 0) is 207 Å². The number of rotatable bonds is 3. The Hall–Kier alpha value is -7.36. The van der Waals surface area contributed by atoms with Crippen LogP contribution in [0, 0.1) is 64.1 Å². The minimum atomic E-state index is -1.17. The Balaban J connectivity index is 0.000000126. The molecule has 0 bridgehead atoms. The first-order chi connectivity index (χ1) is 49.0. The molecule has 0 fully saturated rings. The Morgan fingerprint density at radius 2 is 0.579 bits per heavy atom. The molecule has 8 atom stereocenters. The number of hydrogen-bond acceptors (Lipinski definition) is 15. The van der Waals surface area contributed by atoms with Crippen LogP contribution in [0.1, 0.15) is 268 Å². The summed E-state index contributed by atoms with van der Waals surface area (Å²) in [5, 5.41) is 96.4. The van der Waals surface area contributed by atoms with Crippen LogP contribution in [0.2, 0.25) is 0 Å². The molecule has 12 aliphatic rings. The third kappa shape index (κ3) is 12.2. The molecule has 19 nitrogen and oxygen atoms in total. The summed E-state index contributed by atoms with van der Waals surface area (Å²) in [5.41, 5.74) is 11.7. The molecule has 16 rings (SSSR count). The highest BCUT2D eigenvalue weighted by atomic mass is 16.6. The molecule has 0 unspecified atom stereocenters. The van der Waals surface area contributed by atoms with E-state index < -0.39 is 46.8 Å². The molecule has 4 aromatic rings. The number of aliphatic hydroxyl groups is 4. The van der Waals surface area contributed by atoms with Gasteiger partial charge in [-0.3, -0.25) is 0 Å². The number of aliphatic hydroxyl groups excluding tert-OH is 4. The first-order valence-electron chi connectivity index (χ1n) is 38.1. The smallest absolute Gasteiger partial charge is 0.234 e. The average Bonchev–Trinajstić information content (AvgIpc) is 1.57. The van der Waals surface area contributed by atoms with Crippen molar-refractivity contribution in [2.24, 2.45) is 43.3 Å². The molecule has 0 spiro atoms. The van der Waals surface area contributed by atoms with Crippen LogP contribution >= 0.6 is 0 Å². The lowest BCUT2D eigenvalue weighted by molar-refractivity contribution is -0.363. The number of hydrogen-bond donors (Lipinski definition) is 4. The molecule has 0 saturated carbocycles. The zero-order chi connectivity index (χ0) is 79.0. The van der Waals surface area contributed by atoms with E-state index in [1.807, 2.05) is 58.0 Å².